The van der Waals surface area contributed by atoms with E-state index >= 15 is 0 Å². The van der Waals surface area contributed by atoms with E-state index in [-0.39, 0.29) is 5.78 Å². The summed E-state index contributed by atoms with van der Waals surface area (Å²) in [6.45, 7) is 5.96. The van der Waals surface area contributed by atoms with Gasteiger partial charge in [0.15, 0.2) is 5.78 Å². The number of carbonyl (C=O) groups is 1. The van der Waals surface area contributed by atoms with Crippen molar-refractivity contribution in [2.24, 2.45) is 0 Å². The van der Waals surface area contributed by atoms with Crippen LogP contribution in [-0.4, -0.2) is 5.78 Å². The lowest BCUT2D eigenvalue weighted by Crippen LogP contribution is -1.99. The predicted molar refractivity (Wildman–Crippen MR) is 70.5 cm³/mol. The maximum atomic E-state index is 11.9. The van der Waals surface area contributed by atoms with Crippen LogP contribution < -0.4 is 0 Å². The van der Waals surface area contributed by atoms with E-state index in [1.165, 1.54) is 32.1 Å². The molecule has 0 N–H and O–H groups in total. The topological polar surface area (TPSA) is 30.2 Å². The van der Waals surface area contributed by atoms with Crippen LogP contribution >= 0.6 is 0 Å². The van der Waals surface area contributed by atoms with Crippen LogP contribution in [0.15, 0.2) is 10.5 Å². The molecule has 0 bridgehead atoms. The minimum Gasteiger partial charge on any atom is -0.466 e. The standard InChI is InChI=1S/C15H24O2/c1-4-5-6-7-8-9-10-15(16)14-11-12(2)17-13(14)3/h11H,4-10H2,1-3H3. The second-order valence-corrected chi connectivity index (χ2v) is 4.77. The monoisotopic (exact) mass is 236 g/mol. The number of carbonyl (C=O) groups excluding carboxylic acids is 1. The molecule has 0 aliphatic rings. The molecule has 0 atom stereocenters. The summed E-state index contributed by atoms with van der Waals surface area (Å²) in [4.78, 5) is 11.9. The fourth-order valence-corrected chi connectivity index (χ4v) is 2.11. The molecule has 0 aromatic carbocycles. The van der Waals surface area contributed by atoms with Gasteiger partial charge in [-0.2, -0.15) is 0 Å². The Balaban J connectivity index is 2.23. The van der Waals surface area contributed by atoms with Crippen molar-refractivity contribution in [3.8, 4) is 0 Å². The normalized spacial score (nSPS) is 10.8. The molecule has 0 spiro atoms. The van der Waals surface area contributed by atoms with Crippen molar-refractivity contribution in [1.29, 1.82) is 0 Å². The summed E-state index contributed by atoms with van der Waals surface area (Å²) in [6, 6.07) is 1.86. The molecule has 0 radical (unpaired) electrons. The molecule has 0 aliphatic heterocycles. The van der Waals surface area contributed by atoms with Crippen molar-refractivity contribution in [1.82, 2.24) is 0 Å². The molecule has 0 amide bonds. The third-order valence-corrected chi connectivity index (χ3v) is 3.10. The highest BCUT2D eigenvalue weighted by atomic mass is 16.3. The van der Waals surface area contributed by atoms with E-state index in [0.29, 0.717) is 6.42 Å². The maximum Gasteiger partial charge on any atom is 0.166 e. The number of rotatable bonds is 8. The Hall–Kier alpha value is -1.05. The van der Waals surface area contributed by atoms with Crippen LogP contribution in [0.3, 0.4) is 0 Å². The molecule has 1 aromatic heterocycles. The summed E-state index contributed by atoms with van der Waals surface area (Å²) in [5, 5.41) is 0. The molecule has 17 heavy (non-hydrogen) atoms. The summed E-state index contributed by atoms with van der Waals surface area (Å²) < 4.78 is 5.37. The van der Waals surface area contributed by atoms with Gasteiger partial charge in [-0.15, -0.1) is 0 Å². The van der Waals surface area contributed by atoms with Gasteiger partial charge in [-0.3, -0.25) is 4.79 Å². The molecular formula is C15H24O2. The van der Waals surface area contributed by atoms with Crippen LogP contribution in [-0.2, 0) is 0 Å². The average Bonchev–Trinajstić information content (AvgIpc) is 2.62. The van der Waals surface area contributed by atoms with Crippen molar-refractivity contribution in [2.45, 2.75) is 65.7 Å². The molecule has 0 saturated heterocycles. The van der Waals surface area contributed by atoms with Gasteiger partial charge < -0.3 is 4.42 Å². The van der Waals surface area contributed by atoms with Gasteiger partial charge in [0, 0.05) is 6.42 Å². The third kappa shape index (κ3) is 4.76. The van der Waals surface area contributed by atoms with Crippen molar-refractivity contribution in [2.75, 3.05) is 0 Å². The zero-order chi connectivity index (χ0) is 12.7. The number of furan rings is 1. The van der Waals surface area contributed by atoms with Crippen molar-refractivity contribution < 1.29 is 9.21 Å². The Morgan fingerprint density at radius 3 is 2.35 bits per heavy atom. The van der Waals surface area contributed by atoms with Gasteiger partial charge in [0.25, 0.3) is 0 Å². The molecule has 0 aliphatic carbocycles. The smallest absolute Gasteiger partial charge is 0.166 e. The minimum absolute atomic E-state index is 0.231. The van der Waals surface area contributed by atoms with Crippen molar-refractivity contribution >= 4 is 5.78 Å². The molecule has 96 valence electrons. The van der Waals surface area contributed by atoms with Gasteiger partial charge in [0.05, 0.1) is 5.56 Å². The summed E-state index contributed by atoms with van der Waals surface area (Å²) in [7, 11) is 0. The number of hydrogen-bond donors (Lipinski definition) is 0. The first-order valence-electron chi connectivity index (χ1n) is 6.75. The number of aryl methyl sites for hydroxylation is 2. The first kappa shape index (κ1) is 14.0. The maximum absolute atomic E-state index is 11.9. The number of hydrogen-bond acceptors (Lipinski definition) is 2. The number of unbranched alkanes of at least 4 members (excludes halogenated alkanes) is 5. The fraction of sp³-hybridized carbons (Fsp3) is 0.667. The van der Waals surface area contributed by atoms with E-state index in [9.17, 15) is 4.79 Å². The second-order valence-electron chi connectivity index (χ2n) is 4.77. The van der Waals surface area contributed by atoms with Crippen molar-refractivity contribution in [3.05, 3.63) is 23.2 Å². The molecule has 1 heterocycles. The SMILES string of the molecule is CCCCCCCCC(=O)c1cc(C)oc1C. The highest BCUT2D eigenvalue weighted by molar-refractivity contribution is 5.97. The van der Waals surface area contributed by atoms with Crippen LogP contribution in [0.5, 0.6) is 0 Å². The lowest BCUT2D eigenvalue weighted by atomic mass is 10.0. The summed E-state index contributed by atoms with van der Waals surface area (Å²) >= 11 is 0. The van der Waals surface area contributed by atoms with Gasteiger partial charge in [-0.1, -0.05) is 39.0 Å². The first-order chi connectivity index (χ1) is 8.15. The highest BCUT2D eigenvalue weighted by Crippen LogP contribution is 2.17. The quantitative estimate of drug-likeness (QED) is 0.478. The van der Waals surface area contributed by atoms with Crippen LogP contribution in [0.25, 0.3) is 0 Å². The zero-order valence-electron chi connectivity index (χ0n) is 11.3. The van der Waals surface area contributed by atoms with Gasteiger partial charge in [-0.25, -0.2) is 0 Å². The summed E-state index contributed by atoms with van der Waals surface area (Å²) in [6.07, 6.45) is 7.97. The molecule has 0 saturated carbocycles. The van der Waals surface area contributed by atoms with Gasteiger partial charge in [0.2, 0.25) is 0 Å². The fourth-order valence-electron chi connectivity index (χ4n) is 2.11. The Bertz CT molecular complexity index is 350. The van der Waals surface area contributed by atoms with Crippen LogP contribution in [0.1, 0.15) is 73.7 Å². The highest BCUT2D eigenvalue weighted by Gasteiger charge is 2.12. The average molecular weight is 236 g/mol. The molecule has 1 rings (SSSR count). The molecule has 0 fully saturated rings. The number of ketones is 1. The lowest BCUT2D eigenvalue weighted by molar-refractivity contribution is 0.0977. The Labute approximate surface area is 104 Å². The van der Waals surface area contributed by atoms with Crippen molar-refractivity contribution in [3.63, 3.8) is 0 Å². The second kappa shape index (κ2) is 7.31. The van der Waals surface area contributed by atoms with E-state index in [2.05, 4.69) is 6.92 Å². The van der Waals surface area contributed by atoms with Gasteiger partial charge >= 0.3 is 0 Å². The van der Waals surface area contributed by atoms with Crippen LogP contribution in [0, 0.1) is 13.8 Å². The van der Waals surface area contributed by atoms with Crippen LogP contribution in [0.2, 0.25) is 0 Å². The minimum atomic E-state index is 0.231. The van der Waals surface area contributed by atoms with E-state index in [0.717, 1.165) is 23.5 Å². The van der Waals surface area contributed by atoms with Gasteiger partial charge in [0.1, 0.15) is 11.5 Å². The van der Waals surface area contributed by atoms with E-state index in [1.54, 1.807) is 0 Å². The molecular weight excluding hydrogens is 212 g/mol. The van der Waals surface area contributed by atoms with E-state index < -0.39 is 0 Å². The van der Waals surface area contributed by atoms with Crippen LogP contribution in [0.4, 0.5) is 0 Å². The molecule has 1 aromatic rings. The first-order valence-corrected chi connectivity index (χ1v) is 6.75. The summed E-state index contributed by atoms with van der Waals surface area (Å²) in [5.74, 6) is 1.82. The van der Waals surface area contributed by atoms with E-state index in [1.807, 2.05) is 19.9 Å². The zero-order valence-corrected chi connectivity index (χ0v) is 11.3. The van der Waals surface area contributed by atoms with E-state index in [4.69, 9.17) is 4.42 Å². The predicted octanol–water partition coefficient (Wildman–Crippen LogP) is 4.83. The summed E-state index contributed by atoms with van der Waals surface area (Å²) in [5.41, 5.74) is 0.774. The molecule has 2 heteroatoms. The molecule has 0 unspecified atom stereocenters. The Kier molecular flexibility index (Phi) is 6.03. The third-order valence-electron chi connectivity index (χ3n) is 3.10. The number of Topliss-reactive ketones (excluding diaryl/α,β-unsaturated/α-hetero) is 1. The largest absolute Gasteiger partial charge is 0.466 e. The lowest BCUT2D eigenvalue weighted by Gasteiger charge is -2.00. The Morgan fingerprint density at radius 1 is 1.12 bits per heavy atom. The van der Waals surface area contributed by atoms with Gasteiger partial charge in [-0.05, 0) is 26.3 Å². The molecule has 2 nitrogen and oxygen atoms in total. The Morgan fingerprint density at radius 2 is 1.76 bits per heavy atom.